The van der Waals surface area contributed by atoms with Gasteiger partial charge in [-0.15, -0.1) is 0 Å². The predicted molar refractivity (Wildman–Crippen MR) is 136 cm³/mol. The van der Waals surface area contributed by atoms with Gasteiger partial charge in [0.25, 0.3) is 0 Å². The van der Waals surface area contributed by atoms with Crippen LogP contribution in [0.1, 0.15) is 57.2 Å². The molecule has 1 fully saturated rings. The topological polar surface area (TPSA) is 110 Å². The zero-order chi connectivity index (χ0) is 25.2. The molecule has 1 aliphatic heterocycles. The van der Waals surface area contributed by atoms with Gasteiger partial charge in [0.2, 0.25) is 0 Å². The lowest BCUT2D eigenvalue weighted by atomic mass is 9.83. The summed E-state index contributed by atoms with van der Waals surface area (Å²) in [5.41, 5.74) is 2.73. The van der Waals surface area contributed by atoms with Gasteiger partial charge in [-0.3, -0.25) is 5.32 Å². The van der Waals surface area contributed by atoms with E-state index in [1.165, 1.54) is 6.26 Å². The van der Waals surface area contributed by atoms with E-state index in [0.29, 0.717) is 16.5 Å². The van der Waals surface area contributed by atoms with Gasteiger partial charge in [0.15, 0.2) is 9.84 Å². The molecular formula is C26H33N3O5S. The Kier molecular flexibility index (Phi) is 7.19. The lowest BCUT2D eigenvalue weighted by Gasteiger charge is -2.26. The monoisotopic (exact) mass is 499 g/mol. The molecule has 0 spiro atoms. The number of carbonyl (C=O) groups is 1. The van der Waals surface area contributed by atoms with Crippen LogP contribution in [0, 0.1) is 5.92 Å². The number of nitrogens with zero attached hydrogens (tertiary/aromatic N) is 1. The average molecular weight is 500 g/mol. The predicted octanol–water partition coefficient (Wildman–Crippen LogP) is 5.26. The molecule has 8 nitrogen and oxygen atoms in total. The fourth-order valence-corrected chi connectivity index (χ4v) is 5.05. The molecule has 2 N–H and O–H groups in total. The molecule has 0 saturated carbocycles. The van der Waals surface area contributed by atoms with Crippen LogP contribution in [0.3, 0.4) is 0 Å². The number of ether oxygens (including phenoxy) is 2. The summed E-state index contributed by atoms with van der Waals surface area (Å²) in [6, 6.07) is 11.1. The summed E-state index contributed by atoms with van der Waals surface area (Å²) in [4.78, 5) is 20.4. The van der Waals surface area contributed by atoms with Crippen LogP contribution in [0.2, 0.25) is 0 Å². The van der Waals surface area contributed by atoms with Gasteiger partial charge < -0.3 is 14.5 Å². The summed E-state index contributed by atoms with van der Waals surface area (Å²) in [6.45, 7) is 6.96. The minimum Gasteiger partial charge on any atom is -0.444 e. The molecule has 188 valence electrons. The fourth-order valence-electron chi connectivity index (χ4n) is 4.42. The highest BCUT2D eigenvalue weighted by Gasteiger charge is 2.24. The Balaban J connectivity index is 1.63. The number of fused-ring (bicyclic) bond motifs is 1. The summed E-state index contributed by atoms with van der Waals surface area (Å²) < 4.78 is 34.7. The fraction of sp³-hybridized carbons (Fsp3) is 0.462. The summed E-state index contributed by atoms with van der Waals surface area (Å²) in [5, 5.41) is 3.61. The quantitative estimate of drug-likeness (QED) is 0.479. The highest BCUT2D eigenvalue weighted by atomic mass is 32.2. The molecule has 1 saturated heterocycles. The van der Waals surface area contributed by atoms with Crippen molar-refractivity contribution in [3.8, 4) is 0 Å². The number of carbonyl (C=O) groups excluding carboxylic acids is 1. The Morgan fingerprint density at radius 1 is 1.20 bits per heavy atom. The molecule has 0 radical (unpaired) electrons. The largest absolute Gasteiger partial charge is 0.444 e. The Morgan fingerprint density at radius 3 is 2.51 bits per heavy atom. The minimum absolute atomic E-state index is 0.0446. The summed E-state index contributed by atoms with van der Waals surface area (Å²) in [5.74, 6) is 0.551. The Bertz CT molecular complexity index is 1290. The van der Waals surface area contributed by atoms with Crippen LogP contribution in [0.5, 0.6) is 0 Å². The molecule has 1 aliphatic rings. The first-order chi connectivity index (χ1) is 16.5. The van der Waals surface area contributed by atoms with Gasteiger partial charge in [0, 0.05) is 36.5 Å². The Morgan fingerprint density at radius 2 is 1.89 bits per heavy atom. The second kappa shape index (κ2) is 9.99. The van der Waals surface area contributed by atoms with Gasteiger partial charge in [-0.25, -0.2) is 18.2 Å². The van der Waals surface area contributed by atoms with Crippen LogP contribution in [-0.2, 0) is 19.3 Å². The van der Waals surface area contributed by atoms with E-state index in [2.05, 4.69) is 21.4 Å². The van der Waals surface area contributed by atoms with E-state index in [-0.39, 0.29) is 5.92 Å². The van der Waals surface area contributed by atoms with Gasteiger partial charge >= 0.3 is 6.09 Å². The number of aromatic amines is 1. The number of rotatable bonds is 6. The maximum Gasteiger partial charge on any atom is 0.412 e. The first kappa shape index (κ1) is 25.2. The number of anilines is 1. The molecule has 1 atom stereocenters. The maximum atomic E-state index is 12.2. The van der Waals surface area contributed by atoms with Crippen molar-refractivity contribution in [2.75, 3.05) is 24.8 Å². The molecule has 0 aliphatic carbocycles. The van der Waals surface area contributed by atoms with Gasteiger partial charge in [0.1, 0.15) is 11.2 Å². The van der Waals surface area contributed by atoms with Crippen LogP contribution < -0.4 is 5.32 Å². The molecule has 1 aromatic carbocycles. The number of aromatic nitrogens is 2. The van der Waals surface area contributed by atoms with Gasteiger partial charge in [-0.05, 0) is 75.8 Å². The van der Waals surface area contributed by atoms with E-state index < -0.39 is 21.5 Å². The van der Waals surface area contributed by atoms with Crippen LogP contribution in [-0.4, -0.2) is 49.5 Å². The summed E-state index contributed by atoms with van der Waals surface area (Å²) in [6.07, 6.45) is 5.20. The van der Waals surface area contributed by atoms with Crippen molar-refractivity contribution in [1.82, 2.24) is 9.97 Å². The highest BCUT2D eigenvalue weighted by molar-refractivity contribution is 7.90. The molecule has 35 heavy (non-hydrogen) atoms. The van der Waals surface area contributed by atoms with E-state index >= 15 is 0 Å². The lowest BCUT2D eigenvalue weighted by molar-refractivity contribution is 0.0625. The number of sulfone groups is 1. The zero-order valence-corrected chi connectivity index (χ0v) is 21.4. The van der Waals surface area contributed by atoms with Gasteiger partial charge in [0.05, 0.1) is 16.8 Å². The number of benzene rings is 1. The molecule has 4 rings (SSSR count). The molecule has 1 unspecified atom stereocenters. The molecule has 9 heteroatoms. The summed E-state index contributed by atoms with van der Waals surface area (Å²) >= 11 is 0. The third-order valence-corrected chi connectivity index (χ3v) is 7.26. The van der Waals surface area contributed by atoms with Crippen molar-refractivity contribution < 1.29 is 22.7 Å². The second-order valence-corrected chi connectivity index (χ2v) is 12.2. The van der Waals surface area contributed by atoms with Crippen molar-refractivity contribution in [2.45, 2.75) is 56.4 Å². The average Bonchev–Trinajstić information content (AvgIpc) is 3.19. The van der Waals surface area contributed by atoms with Gasteiger partial charge in [-0.1, -0.05) is 12.1 Å². The number of H-pyrrole nitrogens is 1. The Hall–Kier alpha value is -2.91. The van der Waals surface area contributed by atoms with E-state index in [0.717, 1.165) is 54.8 Å². The molecule has 1 amide bonds. The van der Waals surface area contributed by atoms with E-state index in [1.54, 1.807) is 18.3 Å². The van der Waals surface area contributed by atoms with Crippen LogP contribution in [0.25, 0.3) is 11.0 Å². The number of hydrogen-bond donors (Lipinski definition) is 2. The molecule has 3 heterocycles. The Labute approximate surface area is 206 Å². The second-order valence-electron chi connectivity index (χ2n) is 10.2. The van der Waals surface area contributed by atoms with E-state index in [1.807, 2.05) is 39.0 Å². The SMILES string of the molecule is CC(C)(C)OC(=O)Nc1cnc2[nH]c(C(CC3CCOCC3)c3ccc(S(C)(=O)=O)cc3)cc2c1. The highest BCUT2D eigenvalue weighted by Crippen LogP contribution is 2.36. The molecule has 3 aromatic rings. The van der Waals surface area contributed by atoms with Crippen molar-refractivity contribution in [1.29, 1.82) is 0 Å². The first-order valence-corrected chi connectivity index (χ1v) is 13.7. The minimum atomic E-state index is -3.26. The van der Waals surface area contributed by atoms with Crippen molar-refractivity contribution in [3.63, 3.8) is 0 Å². The molecule has 2 aromatic heterocycles. The molecule has 0 bridgehead atoms. The molecular weight excluding hydrogens is 466 g/mol. The van der Waals surface area contributed by atoms with Crippen LogP contribution in [0.15, 0.2) is 47.5 Å². The normalized spacial score (nSPS) is 16.2. The van der Waals surface area contributed by atoms with Gasteiger partial charge in [-0.2, -0.15) is 0 Å². The van der Waals surface area contributed by atoms with Crippen molar-refractivity contribution in [2.24, 2.45) is 5.92 Å². The van der Waals surface area contributed by atoms with Crippen LogP contribution in [0.4, 0.5) is 10.5 Å². The number of hydrogen-bond acceptors (Lipinski definition) is 6. The number of pyridine rings is 1. The number of amides is 1. The standard InChI is InChI=1S/C26H33N3O5S/c1-26(2,3)34-25(30)28-20-14-19-15-23(29-24(19)27-16-20)22(13-17-9-11-33-12-10-17)18-5-7-21(8-6-18)35(4,31)32/h5-8,14-17,22H,9-13H2,1-4H3,(H,27,29)(H,28,30). The smallest absolute Gasteiger partial charge is 0.412 e. The van der Waals surface area contributed by atoms with Crippen LogP contribution >= 0.6 is 0 Å². The third-order valence-electron chi connectivity index (χ3n) is 6.13. The lowest BCUT2D eigenvalue weighted by Crippen LogP contribution is -2.27. The van der Waals surface area contributed by atoms with E-state index in [9.17, 15) is 13.2 Å². The summed E-state index contributed by atoms with van der Waals surface area (Å²) in [7, 11) is -3.26. The zero-order valence-electron chi connectivity index (χ0n) is 20.6. The maximum absolute atomic E-state index is 12.2. The van der Waals surface area contributed by atoms with Crippen molar-refractivity contribution >= 4 is 32.7 Å². The number of nitrogens with one attached hydrogen (secondary N) is 2. The van der Waals surface area contributed by atoms with E-state index in [4.69, 9.17) is 9.47 Å². The third kappa shape index (κ3) is 6.61. The first-order valence-electron chi connectivity index (χ1n) is 11.8. The van der Waals surface area contributed by atoms with Crippen molar-refractivity contribution in [3.05, 3.63) is 53.9 Å².